The number of fused-ring (bicyclic) bond motifs is 1. The fourth-order valence-electron chi connectivity index (χ4n) is 2.68. The molecule has 0 spiro atoms. The highest BCUT2D eigenvalue weighted by Gasteiger charge is 2.19. The third-order valence-corrected chi connectivity index (χ3v) is 3.93. The first-order chi connectivity index (χ1) is 11.6. The first-order valence-corrected chi connectivity index (χ1v) is 7.62. The van der Waals surface area contributed by atoms with Crippen LogP contribution in [-0.4, -0.2) is 36.3 Å². The molecule has 3 rings (SSSR count). The van der Waals surface area contributed by atoms with Gasteiger partial charge in [0.15, 0.2) is 0 Å². The zero-order valence-corrected chi connectivity index (χ0v) is 13.7. The molecule has 1 aromatic carbocycles. The minimum absolute atomic E-state index is 0.198. The second-order valence-electron chi connectivity index (χ2n) is 5.18. The van der Waals surface area contributed by atoms with Crippen molar-refractivity contribution >= 4 is 22.6 Å². The van der Waals surface area contributed by atoms with Crippen LogP contribution in [0, 0.1) is 0 Å². The molecule has 7 heteroatoms. The first kappa shape index (κ1) is 15.9. The molecule has 0 saturated heterocycles. The Kier molecular flexibility index (Phi) is 4.16. The number of rotatable bonds is 6. The molecule has 2 heterocycles. The molecule has 0 aliphatic heterocycles. The number of carboxylic acids is 1. The smallest absolute Gasteiger partial charge is 0.373 e. The Balaban J connectivity index is 2.13. The fraction of sp³-hybridized carbons (Fsp3) is 0.294. The number of aromatic carboxylic acids is 1. The van der Waals surface area contributed by atoms with Gasteiger partial charge in [-0.2, -0.15) is 0 Å². The molecule has 0 radical (unpaired) electrons. The van der Waals surface area contributed by atoms with Crippen LogP contribution in [0.5, 0.6) is 5.75 Å². The highest BCUT2D eigenvalue weighted by Crippen LogP contribution is 2.38. The van der Waals surface area contributed by atoms with E-state index in [-0.39, 0.29) is 11.7 Å². The van der Waals surface area contributed by atoms with E-state index in [9.17, 15) is 4.79 Å². The summed E-state index contributed by atoms with van der Waals surface area (Å²) in [7, 11) is 1.61. The van der Waals surface area contributed by atoms with E-state index in [4.69, 9.17) is 18.7 Å². The molecule has 0 aliphatic rings. The summed E-state index contributed by atoms with van der Waals surface area (Å²) in [6.07, 6.45) is 2.69. The molecule has 0 fully saturated rings. The Labute approximate surface area is 138 Å². The number of carboxylic acid groups (broad SMARTS) is 1. The van der Waals surface area contributed by atoms with Gasteiger partial charge in [0.05, 0.1) is 24.6 Å². The van der Waals surface area contributed by atoms with Crippen molar-refractivity contribution < 1.29 is 23.5 Å². The van der Waals surface area contributed by atoms with Crippen LogP contribution in [0.1, 0.15) is 24.4 Å². The number of furan rings is 1. The van der Waals surface area contributed by atoms with Crippen LogP contribution in [0.4, 0.5) is 5.69 Å². The lowest BCUT2D eigenvalue weighted by Crippen LogP contribution is -2.22. The van der Waals surface area contributed by atoms with Crippen LogP contribution in [-0.2, 0) is 0 Å². The largest absolute Gasteiger partial charge is 0.495 e. The molecule has 3 aromatic rings. The maximum atomic E-state index is 11.0. The summed E-state index contributed by atoms with van der Waals surface area (Å²) < 4.78 is 16.4. The van der Waals surface area contributed by atoms with Gasteiger partial charge in [0.25, 0.3) is 0 Å². The number of methoxy groups -OCH3 is 1. The van der Waals surface area contributed by atoms with E-state index < -0.39 is 5.97 Å². The van der Waals surface area contributed by atoms with Gasteiger partial charge in [0, 0.05) is 24.5 Å². The van der Waals surface area contributed by atoms with Gasteiger partial charge in [-0.1, -0.05) is 0 Å². The van der Waals surface area contributed by atoms with E-state index in [0.29, 0.717) is 16.9 Å². The molecule has 7 nitrogen and oxygen atoms in total. The molecule has 0 amide bonds. The minimum Gasteiger partial charge on any atom is -0.495 e. The van der Waals surface area contributed by atoms with Crippen molar-refractivity contribution in [1.82, 2.24) is 4.98 Å². The first-order valence-electron chi connectivity index (χ1n) is 7.62. The second-order valence-corrected chi connectivity index (χ2v) is 5.18. The summed E-state index contributed by atoms with van der Waals surface area (Å²) in [5.41, 5.74) is 2.18. The number of aromatic nitrogens is 1. The number of carbonyl (C=O) groups is 1. The standard InChI is InChI=1S/C17H18N2O5/c1-4-19(5-2)12-7-13-10(6-14(12)22-3)11(9-23-13)16-18-8-15(24-16)17(20)21/h6-9H,4-5H2,1-3H3,(H,20,21). The lowest BCUT2D eigenvalue weighted by atomic mass is 10.1. The number of anilines is 1. The minimum atomic E-state index is -1.16. The van der Waals surface area contributed by atoms with Gasteiger partial charge in [-0.25, -0.2) is 9.78 Å². The predicted molar refractivity (Wildman–Crippen MR) is 88.8 cm³/mol. The average molecular weight is 330 g/mol. The Morgan fingerprint density at radius 1 is 1.33 bits per heavy atom. The van der Waals surface area contributed by atoms with E-state index in [2.05, 4.69) is 23.7 Å². The third-order valence-electron chi connectivity index (χ3n) is 3.93. The average Bonchev–Trinajstić information content (AvgIpc) is 3.21. The van der Waals surface area contributed by atoms with Gasteiger partial charge in [-0.05, 0) is 19.9 Å². The van der Waals surface area contributed by atoms with Crippen molar-refractivity contribution in [2.75, 3.05) is 25.1 Å². The van der Waals surface area contributed by atoms with Crippen LogP contribution < -0.4 is 9.64 Å². The Hall–Kier alpha value is -2.96. The lowest BCUT2D eigenvalue weighted by Gasteiger charge is -2.23. The number of hydrogen-bond donors (Lipinski definition) is 1. The van der Waals surface area contributed by atoms with E-state index in [1.54, 1.807) is 7.11 Å². The zero-order valence-electron chi connectivity index (χ0n) is 13.7. The molecule has 24 heavy (non-hydrogen) atoms. The van der Waals surface area contributed by atoms with E-state index in [1.807, 2.05) is 12.1 Å². The van der Waals surface area contributed by atoms with Crippen molar-refractivity contribution in [1.29, 1.82) is 0 Å². The second kappa shape index (κ2) is 6.27. The molecule has 0 saturated carbocycles. The summed E-state index contributed by atoms with van der Waals surface area (Å²) >= 11 is 0. The third kappa shape index (κ3) is 2.58. The van der Waals surface area contributed by atoms with Crippen molar-refractivity contribution in [3.05, 3.63) is 30.4 Å². The number of nitrogens with zero attached hydrogens (tertiary/aromatic N) is 2. The highest BCUT2D eigenvalue weighted by atomic mass is 16.5. The predicted octanol–water partition coefficient (Wildman–Crippen LogP) is 3.64. The Morgan fingerprint density at radius 3 is 2.67 bits per heavy atom. The topological polar surface area (TPSA) is 88.9 Å². The van der Waals surface area contributed by atoms with E-state index in [1.165, 1.54) is 12.5 Å². The summed E-state index contributed by atoms with van der Waals surface area (Å²) in [6, 6.07) is 3.76. The fourth-order valence-corrected chi connectivity index (χ4v) is 2.68. The Bertz CT molecular complexity index is 876. The quantitative estimate of drug-likeness (QED) is 0.738. The van der Waals surface area contributed by atoms with Crippen LogP contribution in [0.2, 0.25) is 0 Å². The van der Waals surface area contributed by atoms with Crippen LogP contribution in [0.3, 0.4) is 0 Å². The van der Waals surface area contributed by atoms with Gasteiger partial charge in [0.1, 0.15) is 17.6 Å². The SMILES string of the molecule is CCN(CC)c1cc2occ(-c3ncc(C(=O)O)o3)c2cc1OC. The maximum Gasteiger partial charge on any atom is 0.373 e. The summed E-state index contributed by atoms with van der Waals surface area (Å²) in [5.74, 6) is -0.475. The molecular weight excluding hydrogens is 312 g/mol. The van der Waals surface area contributed by atoms with Gasteiger partial charge in [-0.3, -0.25) is 0 Å². The van der Waals surface area contributed by atoms with Crippen molar-refractivity contribution in [3.63, 3.8) is 0 Å². The molecular formula is C17H18N2O5. The molecule has 0 bridgehead atoms. The molecule has 0 atom stereocenters. The Morgan fingerprint density at radius 2 is 2.08 bits per heavy atom. The normalized spacial score (nSPS) is 11.0. The molecule has 126 valence electrons. The van der Waals surface area contributed by atoms with Crippen molar-refractivity contribution in [3.8, 4) is 17.2 Å². The summed E-state index contributed by atoms with van der Waals surface area (Å²) in [6.45, 7) is 5.82. The lowest BCUT2D eigenvalue weighted by molar-refractivity contribution is 0.0663. The van der Waals surface area contributed by atoms with Crippen molar-refractivity contribution in [2.45, 2.75) is 13.8 Å². The molecule has 0 aliphatic carbocycles. The van der Waals surface area contributed by atoms with Crippen LogP contribution >= 0.6 is 0 Å². The van der Waals surface area contributed by atoms with Gasteiger partial charge in [-0.15, -0.1) is 0 Å². The van der Waals surface area contributed by atoms with E-state index in [0.717, 1.165) is 24.2 Å². The number of ether oxygens (including phenoxy) is 1. The summed E-state index contributed by atoms with van der Waals surface area (Å²) in [4.78, 5) is 17.1. The maximum absolute atomic E-state index is 11.0. The van der Waals surface area contributed by atoms with Crippen LogP contribution in [0.15, 0.2) is 33.4 Å². The van der Waals surface area contributed by atoms with Crippen LogP contribution in [0.25, 0.3) is 22.4 Å². The number of benzene rings is 1. The molecule has 0 unspecified atom stereocenters. The summed E-state index contributed by atoms with van der Waals surface area (Å²) in [5, 5.41) is 9.71. The van der Waals surface area contributed by atoms with E-state index >= 15 is 0 Å². The van der Waals surface area contributed by atoms with Gasteiger partial charge >= 0.3 is 5.97 Å². The van der Waals surface area contributed by atoms with Gasteiger partial charge < -0.3 is 23.6 Å². The monoisotopic (exact) mass is 330 g/mol. The molecule has 2 aromatic heterocycles. The highest BCUT2D eigenvalue weighted by molar-refractivity contribution is 5.96. The number of hydrogen-bond acceptors (Lipinski definition) is 6. The molecule has 1 N–H and O–H groups in total. The van der Waals surface area contributed by atoms with Crippen molar-refractivity contribution in [2.24, 2.45) is 0 Å². The zero-order chi connectivity index (χ0) is 17.3. The van der Waals surface area contributed by atoms with Gasteiger partial charge in [0.2, 0.25) is 11.7 Å². The number of oxazole rings is 1.